The Labute approximate surface area is 210 Å². The summed E-state index contributed by atoms with van der Waals surface area (Å²) in [6.45, 7) is 10.9. The Hall–Kier alpha value is -3.52. The van der Waals surface area contributed by atoms with Crippen LogP contribution in [0.3, 0.4) is 0 Å². The van der Waals surface area contributed by atoms with Crippen LogP contribution in [0.5, 0.6) is 0 Å². The van der Waals surface area contributed by atoms with E-state index in [0.29, 0.717) is 5.92 Å². The van der Waals surface area contributed by atoms with Crippen LogP contribution in [0.1, 0.15) is 80.8 Å². The number of amidine groups is 1. The van der Waals surface area contributed by atoms with Crippen LogP contribution < -0.4 is 0 Å². The van der Waals surface area contributed by atoms with Gasteiger partial charge in [-0.25, -0.2) is 4.99 Å². The van der Waals surface area contributed by atoms with Crippen molar-refractivity contribution in [3.63, 3.8) is 0 Å². The molecule has 0 aromatic heterocycles. The lowest BCUT2D eigenvalue weighted by Gasteiger charge is -2.19. The largest absolute Gasteiger partial charge is 0.258 e. The second-order valence-electron chi connectivity index (χ2n) is 10.3. The molecule has 0 saturated carbocycles. The highest BCUT2D eigenvalue weighted by Crippen LogP contribution is 2.27. The van der Waals surface area contributed by atoms with Crippen LogP contribution >= 0.6 is 0 Å². The zero-order chi connectivity index (χ0) is 24.8. The number of benzene rings is 3. The molecule has 0 aliphatic heterocycles. The lowest BCUT2D eigenvalue weighted by molar-refractivity contribution is 0.590. The standard InChI is InChI=1S/C33H36N2/c1-24(26-19-21-28(22-20-26)27-13-8-6-9-14-27)34-32(29-15-10-7-11-16-29)35-25(2)30-17-12-18-31(23-30)33(3,4)5/h6-13,15-24,27H,14H2,1-5H3. The second kappa shape index (κ2) is 10.8. The van der Waals surface area contributed by atoms with Crippen molar-refractivity contribution < 1.29 is 0 Å². The average molecular weight is 461 g/mol. The molecule has 0 fully saturated rings. The summed E-state index contributed by atoms with van der Waals surface area (Å²) in [7, 11) is 0. The topological polar surface area (TPSA) is 24.7 Å². The Balaban J connectivity index is 1.65. The SMILES string of the molecule is CC(=NC(=NC(C)c1ccc(C2C=CC=CC2)cc1)c1ccccc1)c1cccc(C(C)(C)C)c1. The predicted octanol–water partition coefficient (Wildman–Crippen LogP) is 8.60. The normalized spacial score (nSPS) is 17.5. The van der Waals surface area contributed by atoms with Crippen molar-refractivity contribution in [2.24, 2.45) is 9.98 Å². The van der Waals surface area contributed by atoms with Gasteiger partial charge in [-0.05, 0) is 54.0 Å². The number of hydrogen-bond donors (Lipinski definition) is 0. The molecule has 0 heterocycles. The summed E-state index contributed by atoms with van der Waals surface area (Å²) in [6, 6.07) is 27.9. The van der Waals surface area contributed by atoms with E-state index in [1.54, 1.807) is 0 Å². The molecule has 2 atom stereocenters. The molecule has 2 unspecified atom stereocenters. The minimum atomic E-state index is -0.00138. The molecule has 0 spiro atoms. The smallest absolute Gasteiger partial charge is 0.155 e. The molecule has 0 saturated heterocycles. The maximum Gasteiger partial charge on any atom is 0.155 e. The van der Waals surface area contributed by atoms with Gasteiger partial charge in [-0.3, -0.25) is 4.99 Å². The first-order valence-corrected chi connectivity index (χ1v) is 12.5. The molecule has 1 aliphatic rings. The molecule has 178 valence electrons. The first kappa shape index (κ1) is 24.6. The predicted molar refractivity (Wildman–Crippen MR) is 151 cm³/mol. The fourth-order valence-electron chi connectivity index (χ4n) is 4.30. The fraction of sp³-hybridized carbons (Fsp3) is 0.273. The Morgan fingerprint density at radius 2 is 1.57 bits per heavy atom. The molecule has 2 heteroatoms. The van der Waals surface area contributed by atoms with Crippen molar-refractivity contribution in [3.8, 4) is 0 Å². The molecular formula is C33H36N2. The maximum absolute atomic E-state index is 5.10. The van der Waals surface area contributed by atoms with Crippen molar-refractivity contribution in [2.45, 2.75) is 58.4 Å². The number of allylic oxidation sites excluding steroid dienone is 4. The van der Waals surface area contributed by atoms with Gasteiger partial charge in [-0.1, -0.05) is 118 Å². The number of rotatable bonds is 5. The number of hydrogen-bond acceptors (Lipinski definition) is 1. The summed E-state index contributed by atoms with van der Waals surface area (Å²) in [5.41, 5.74) is 7.07. The zero-order valence-electron chi connectivity index (χ0n) is 21.6. The monoisotopic (exact) mass is 460 g/mol. The van der Waals surface area contributed by atoms with Crippen LogP contribution in [0.15, 0.2) is 113 Å². The van der Waals surface area contributed by atoms with Gasteiger partial charge in [0.15, 0.2) is 5.84 Å². The van der Waals surface area contributed by atoms with Crippen molar-refractivity contribution in [2.75, 3.05) is 0 Å². The van der Waals surface area contributed by atoms with Gasteiger partial charge in [0.2, 0.25) is 0 Å². The van der Waals surface area contributed by atoms with Crippen molar-refractivity contribution in [3.05, 3.63) is 131 Å². The minimum Gasteiger partial charge on any atom is -0.258 e. The Morgan fingerprint density at radius 3 is 2.23 bits per heavy atom. The second-order valence-corrected chi connectivity index (χ2v) is 10.3. The van der Waals surface area contributed by atoms with Crippen molar-refractivity contribution >= 4 is 11.5 Å². The summed E-state index contributed by atoms with van der Waals surface area (Å²) in [5, 5.41) is 0. The van der Waals surface area contributed by atoms with Crippen molar-refractivity contribution in [1.29, 1.82) is 0 Å². The van der Waals surface area contributed by atoms with Gasteiger partial charge in [0.25, 0.3) is 0 Å². The van der Waals surface area contributed by atoms with E-state index in [1.165, 1.54) is 16.7 Å². The molecule has 0 bridgehead atoms. The van der Waals surface area contributed by atoms with Gasteiger partial charge in [0.05, 0.1) is 6.04 Å². The third-order valence-corrected chi connectivity index (χ3v) is 6.60. The van der Waals surface area contributed by atoms with Crippen LogP contribution in [0.25, 0.3) is 0 Å². The maximum atomic E-state index is 5.10. The van der Waals surface area contributed by atoms with Gasteiger partial charge >= 0.3 is 0 Å². The molecule has 1 aliphatic carbocycles. The summed E-state index contributed by atoms with van der Waals surface area (Å²) >= 11 is 0. The van der Waals surface area contributed by atoms with E-state index in [-0.39, 0.29) is 11.5 Å². The summed E-state index contributed by atoms with van der Waals surface area (Å²) in [5.74, 6) is 1.23. The van der Waals surface area contributed by atoms with E-state index in [0.717, 1.165) is 29.1 Å². The highest BCUT2D eigenvalue weighted by atomic mass is 14.9. The van der Waals surface area contributed by atoms with Crippen LogP contribution in [-0.2, 0) is 5.41 Å². The first-order valence-electron chi connectivity index (χ1n) is 12.5. The average Bonchev–Trinajstić information content (AvgIpc) is 2.89. The molecule has 3 aromatic carbocycles. The molecule has 0 radical (unpaired) electrons. The molecule has 35 heavy (non-hydrogen) atoms. The highest BCUT2D eigenvalue weighted by molar-refractivity contribution is 6.11. The Morgan fingerprint density at radius 1 is 0.857 bits per heavy atom. The van der Waals surface area contributed by atoms with E-state index >= 15 is 0 Å². The van der Waals surface area contributed by atoms with E-state index in [9.17, 15) is 0 Å². The summed E-state index contributed by atoms with van der Waals surface area (Å²) in [4.78, 5) is 10.1. The first-order chi connectivity index (χ1) is 16.8. The van der Waals surface area contributed by atoms with Gasteiger partial charge in [0.1, 0.15) is 0 Å². The van der Waals surface area contributed by atoms with Gasteiger partial charge in [-0.2, -0.15) is 0 Å². The van der Waals surface area contributed by atoms with Crippen molar-refractivity contribution in [1.82, 2.24) is 0 Å². The molecule has 2 nitrogen and oxygen atoms in total. The Kier molecular flexibility index (Phi) is 7.60. The molecule has 0 amide bonds. The van der Waals surface area contributed by atoms with Gasteiger partial charge in [-0.15, -0.1) is 0 Å². The number of nitrogens with zero attached hydrogens (tertiary/aromatic N) is 2. The summed E-state index contributed by atoms with van der Waals surface area (Å²) in [6.07, 6.45) is 9.82. The fourth-order valence-corrected chi connectivity index (χ4v) is 4.30. The molecule has 3 aromatic rings. The van der Waals surface area contributed by atoms with Gasteiger partial charge in [0, 0.05) is 17.2 Å². The Bertz CT molecular complexity index is 1250. The van der Waals surface area contributed by atoms with E-state index in [1.807, 2.05) is 18.2 Å². The van der Waals surface area contributed by atoms with E-state index < -0.39 is 0 Å². The van der Waals surface area contributed by atoms with Crippen LogP contribution in [0.4, 0.5) is 0 Å². The molecule has 4 rings (SSSR count). The highest BCUT2D eigenvalue weighted by Gasteiger charge is 2.15. The summed E-state index contributed by atoms with van der Waals surface area (Å²) < 4.78 is 0. The van der Waals surface area contributed by atoms with E-state index in [4.69, 9.17) is 9.98 Å². The molecular weight excluding hydrogens is 424 g/mol. The molecule has 0 N–H and O–H groups in total. The number of aliphatic imine (C=N–C) groups is 2. The zero-order valence-corrected chi connectivity index (χ0v) is 21.6. The van der Waals surface area contributed by atoms with Crippen LogP contribution in [0.2, 0.25) is 0 Å². The third-order valence-electron chi connectivity index (χ3n) is 6.60. The third kappa shape index (κ3) is 6.33. The lowest BCUT2D eigenvalue weighted by atomic mass is 9.86. The lowest BCUT2D eigenvalue weighted by Crippen LogP contribution is -2.12. The van der Waals surface area contributed by atoms with E-state index in [2.05, 4.69) is 120 Å². The minimum absolute atomic E-state index is 0.00138. The van der Waals surface area contributed by atoms with Gasteiger partial charge < -0.3 is 0 Å². The van der Waals surface area contributed by atoms with Crippen LogP contribution in [0, 0.1) is 0 Å². The van der Waals surface area contributed by atoms with Crippen LogP contribution in [-0.4, -0.2) is 11.5 Å². The quantitative estimate of drug-likeness (QED) is 0.269.